The smallest absolute Gasteiger partial charge is 0.0312 e. The molecule has 0 heterocycles. The number of hydrogen-bond acceptors (Lipinski definition) is 0. The molecule has 12 fully saturated rings. The molecular formula is C27H32. The fraction of sp³-hybridized carbons (Fsp3) is 1.00. The summed E-state index contributed by atoms with van der Waals surface area (Å²) in [6.45, 7) is 0. The molecule has 0 nitrogen and oxygen atoms in total. The van der Waals surface area contributed by atoms with Gasteiger partial charge in [0, 0.05) is 0 Å². The first-order valence-electron chi connectivity index (χ1n) is 13.4. The molecule has 0 saturated heterocycles. The van der Waals surface area contributed by atoms with Crippen LogP contribution in [-0.4, -0.2) is 0 Å². The Balaban J connectivity index is 0.892. The molecule has 0 aromatic carbocycles. The van der Waals surface area contributed by atoms with Gasteiger partial charge in [-0.3, -0.25) is 0 Å². The minimum Gasteiger partial charge on any atom is -0.0496 e. The maximum absolute atomic E-state index is 1.72. The van der Waals surface area contributed by atoms with Crippen LogP contribution in [0.5, 0.6) is 0 Å². The van der Waals surface area contributed by atoms with Crippen LogP contribution >= 0.6 is 0 Å². The monoisotopic (exact) mass is 356 g/mol. The Morgan fingerprint density at radius 2 is 0.481 bits per heavy atom. The Morgan fingerprint density at radius 1 is 0.222 bits per heavy atom. The van der Waals surface area contributed by atoms with Gasteiger partial charge in [-0.1, -0.05) is 0 Å². The molecule has 12 aliphatic carbocycles. The van der Waals surface area contributed by atoms with Gasteiger partial charge < -0.3 is 0 Å². The summed E-state index contributed by atoms with van der Waals surface area (Å²) in [4.78, 5) is 0. The van der Waals surface area contributed by atoms with E-state index in [0.29, 0.717) is 0 Å². The summed E-state index contributed by atoms with van der Waals surface area (Å²) in [6.07, 6.45) is 8.31. The molecule has 12 aliphatic rings. The van der Waals surface area contributed by atoms with E-state index >= 15 is 0 Å². The van der Waals surface area contributed by atoms with Crippen LogP contribution in [-0.2, 0) is 0 Å². The number of fused-ring (bicyclic) bond motifs is 32. The molecule has 12 saturated carbocycles. The van der Waals surface area contributed by atoms with Gasteiger partial charge in [-0.25, -0.2) is 0 Å². The van der Waals surface area contributed by atoms with Gasteiger partial charge in [0.1, 0.15) is 0 Å². The zero-order chi connectivity index (χ0) is 16.2. The highest BCUT2D eigenvalue weighted by Gasteiger charge is 2.92. The van der Waals surface area contributed by atoms with E-state index in [2.05, 4.69) is 0 Å². The highest BCUT2D eigenvalue weighted by atomic mass is 15.0. The lowest BCUT2D eigenvalue weighted by Crippen LogP contribution is -2.93. The van der Waals surface area contributed by atoms with Gasteiger partial charge in [-0.05, 0) is 162 Å². The third-order valence-electron chi connectivity index (χ3n) is 16.2. The molecule has 0 radical (unpaired) electrons. The lowest BCUT2D eigenvalue weighted by molar-refractivity contribution is -0.493. The summed E-state index contributed by atoms with van der Waals surface area (Å²) >= 11 is 0. The summed E-state index contributed by atoms with van der Waals surface area (Å²) in [5.74, 6) is 28.5. The zero-order valence-corrected chi connectivity index (χ0v) is 16.2. The molecule has 0 spiro atoms. The van der Waals surface area contributed by atoms with Crippen molar-refractivity contribution in [3.8, 4) is 0 Å². The summed E-state index contributed by atoms with van der Waals surface area (Å²) < 4.78 is 0. The molecule has 0 amide bonds. The lowest BCUT2D eigenvalue weighted by atomic mass is 9.08. The van der Waals surface area contributed by atoms with Crippen LogP contribution in [0.3, 0.4) is 0 Å². The van der Waals surface area contributed by atoms with Crippen molar-refractivity contribution >= 4 is 0 Å². The van der Waals surface area contributed by atoms with Crippen LogP contribution in [0.2, 0.25) is 0 Å². The van der Waals surface area contributed by atoms with Crippen LogP contribution in [0, 0.1) is 130 Å². The van der Waals surface area contributed by atoms with Gasteiger partial charge in [-0.2, -0.15) is 0 Å². The van der Waals surface area contributed by atoms with E-state index in [0.717, 1.165) is 0 Å². The molecular weight excluding hydrogens is 324 g/mol. The van der Waals surface area contributed by atoms with E-state index in [1.807, 2.05) is 0 Å². The van der Waals surface area contributed by atoms with Crippen molar-refractivity contribution in [1.29, 1.82) is 0 Å². The second-order valence-electron chi connectivity index (χ2n) is 14.6. The second kappa shape index (κ2) is 3.22. The Bertz CT molecular complexity index is 803. The van der Waals surface area contributed by atoms with E-state index in [4.69, 9.17) is 0 Å². The largest absolute Gasteiger partial charge is 0.0496 e. The standard InChI is InChI=1S/C27H32/c1-2-7-6(1)10-5-11(7)15-14(10)18-19(15)23-22(18)26-24-20-16-12-8-3-4-9(8)13(12)17(16)21(20)25(24)27(23)26/h6-27H,1-5H2. The number of rotatable bonds is 0. The van der Waals surface area contributed by atoms with Crippen LogP contribution in [0.4, 0.5) is 0 Å². The average Bonchev–Trinajstić information content (AvgIpc) is 2.98. The fourth-order valence-corrected chi connectivity index (χ4v) is 16.1. The molecule has 0 heteroatoms. The fourth-order valence-electron chi connectivity index (χ4n) is 16.1. The average molecular weight is 357 g/mol. The van der Waals surface area contributed by atoms with E-state index in [9.17, 15) is 0 Å². The molecule has 27 heavy (non-hydrogen) atoms. The third kappa shape index (κ3) is 0.834. The molecule has 0 aromatic heterocycles. The van der Waals surface area contributed by atoms with Gasteiger partial charge in [0.25, 0.3) is 0 Å². The Labute approximate surface area is 162 Å². The van der Waals surface area contributed by atoms with Gasteiger partial charge in [0.05, 0.1) is 0 Å². The van der Waals surface area contributed by atoms with Crippen molar-refractivity contribution in [1.82, 2.24) is 0 Å². The molecule has 12 rings (SSSR count). The van der Waals surface area contributed by atoms with Crippen molar-refractivity contribution in [3.05, 3.63) is 0 Å². The summed E-state index contributed by atoms with van der Waals surface area (Å²) in [6, 6.07) is 0. The predicted molar refractivity (Wildman–Crippen MR) is 99.9 cm³/mol. The van der Waals surface area contributed by atoms with Crippen LogP contribution in [0.1, 0.15) is 32.1 Å². The lowest BCUT2D eigenvalue weighted by Gasteiger charge is -2.96. The summed E-state index contributed by atoms with van der Waals surface area (Å²) in [7, 11) is 0. The van der Waals surface area contributed by atoms with Crippen LogP contribution < -0.4 is 0 Å². The Hall–Kier alpha value is 0. The van der Waals surface area contributed by atoms with Crippen molar-refractivity contribution in [2.45, 2.75) is 32.1 Å². The highest BCUT2D eigenvalue weighted by Crippen LogP contribution is 2.96. The Morgan fingerprint density at radius 3 is 0.778 bits per heavy atom. The zero-order valence-electron chi connectivity index (χ0n) is 16.2. The quantitative estimate of drug-likeness (QED) is 0.554. The van der Waals surface area contributed by atoms with Gasteiger partial charge in [-0.15, -0.1) is 0 Å². The van der Waals surface area contributed by atoms with E-state index in [1.165, 1.54) is 130 Å². The van der Waals surface area contributed by atoms with Crippen LogP contribution in [0.15, 0.2) is 0 Å². The Kier molecular flexibility index (Phi) is 1.51. The summed E-state index contributed by atoms with van der Waals surface area (Å²) in [5.41, 5.74) is 0. The molecule has 0 N–H and O–H groups in total. The molecule has 0 aromatic rings. The molecule has 22 unspecified atom stereocenters. The highest BCUT2D eigenvalue weighted by molar-refractivity contribution is 5.39. The maximum atomic E-state index is 1.72. The van der Waals surface area contributed by atoms with Crippen molar-refractivity contribution in [2.75, 3.05) is 0 Å². The molecule has 140 valence electrons. The second-order valence-corrected chi connectivity index (χ2v) is 14.6. The SMILES string of the molecule is C1CC2C1C1CC2C2C1C1C2C2C1C1C2C2C3C4C5C6CCC6C5C4C3C12. The topological polar surface area (TPSA) is 0 Å². The van der Waals surface area contributed by atoms with E-state index in [1.54, 1.807) is 32.1 Å². The summed E-state index contributed by atoms with van der Waals surface area (Å²) in [5, 5.41) is 0. The third-order valence-corrected chi connectivity index (χ3v) is 16.2. The minimum atomic E-state index is 1.25. The first kappa shape index (κ1) is 12.6. The van der Waals surface area contributed by atoms with Gasteiger partial charge in [0.15, 0.2) is 0 Å². The van der Waals surface area contributed by atoms with Crippen molar-refractivity contribution in [2.24, 2.45) is 130 Å². The molecule has 0 aliphatic heterocycles. The van der Waals surface area contributed by atoms with Crippen molar-refractivity contribution < 1.29 is 0 Å². The normalized spacial score (nSPS) is 92.4. The molecule has 2 bridgehead atoms. The maximum Gasteiger partial charge on any atom is -0.0312 e. The van der Waals surface area contributed by atoms with Gasteiger partial charge >= 0.3 is 0 Å². The van der Waals surface area contributed by atoms with Crippen molar-refractivity contribution in [3.63, 3.8) is 0 Å². The minimum absolute atomic E-state index is 1.25. The van der Waals surface area contributed by atoms with E-state index in [-0.39, 0.29) is 0 Å². The predicted octanol–water partition coefficient (Wildman–Crippen LogP) is 4.66. The first-order chi connectivity index (χ1) is 13.4. The van der Waals surface area contributed by atoms with Gasteiger partial charge in [0.2, 0.25) is 0 Å². The first-order valence-corrected chi connectivity index (χ1v) is 13.4. The van der Waals surface area contributed by atoms with E-state index < -0.39 is 0 Å². The number of hydrogen-bond donors (Lipinski definition) is 0. The molecule has 22 atom stereocenters. The van der Waals surface area contributed by atoms with Crippen LogP contribution in [0.25, 0.3) is 0 Å².